The van der Waals surface area contributed by atoms with Crippen LogP contribution < -0.4 is 0 Å². The molecule has 1 amide bonds. The first-order valence-electron chi connectivity index (χ1n) is 7.95. The maximum atomic E-state index is 12.4. The van der Waals surface area contributed by atoms with Crippen LogP contribution in [-0.2, 0) is 11.2 Å². The molecule has 0 saturated carbocycles. The summed E-state index contributed by atoms with van der Waals surface area (Å²) >= 11 is 1.68. The number of hydrogen-bond donors (Lipinski definition) is 1. The van der Waals surface area contributed by atoms with Gasteiger partial charge in [-0.25, -0.2) is 4.68 Å². The van der Waals surface area contributed by atoms with Gasteiger partial charge in [0.1, 0.15) is 5.69 Å². The number of likely N-dealkylation sites (tertiary alicyclic amines) is 1. The first kappa shape index (κ1) is 15.3. The second kappa shape index (κ2) is 5.99. The van der Waals surface area contributed by atoms with E-state index >= 15 is 0 Å². The van der Waals surface area contributed by atoms with Gasteiger partial charge >= 0.3 is 0 Å². The fourth-order valence-corrected chi connectivity index (χ4v) is 3.93. The molecule has 124 valence electrons. The zero-order valence-electron chi connectivity index (χ0n) is 13.3. The van der Waals surface area contributed by atoms with Gasteiger partial charge < -0.3 is 10.0 Å². The number of hydrogen-bond acceptors (Lipinski definition) is 5. The van der Waals surface area contributed by atoms with Crippen molar-refractivity contribution in [3.05, 3.63) is 47.1 Å². The molecule has 1 saturated heterocycles. The number of aromatic nitrogens is 3. The Balaban J connectivity index is 1.36. The van der Waals surface area contributed by atoms with E-state index in [1.165, 1.54) is 10.1 Å². The number of carbonyl (C=O) groups excluding carboxylic acids is 1. The molecule has 1 unspecified atom stereocenters. The van der Waals surface area contributed by atoms with Crippen molar-refractivity contribution in [1.29, 1.82) is 0 Å². The third-order valence-corrected chi connectivity index (χ3v) is 5.46. The summed E-state index contributed by atoms with van der Waals surface area (Å²) in [4.78, 5) is 15.4. The molecular weight excluding hydrogens is 324 g/mol. The zero-order chi connectivity index (χ0) is 16.7. The van der Waals surface area contributed by atoms with E-state index < -0.39 is 6.10 Å². The number of aliphatic hydroxyl groups is 1. The van der Waals surface area contributed by atoms with Crippen LogP contribution in [0.2, 0.25) is 0 Å². The highest BCUT2D eigenvalue weighted by Crippen LogP contribution is 2.27. The maximum Gasteiger partial charge on any atom is 0.227 e. The van der Waals surface area contributed by atoms with Gasteiger partial charge in [0.2, 0.25) is 5.91 Å². The lowest BCUT2D eigenvalue weighted by atomic mass is 10.1. The van der Waals surface area contributed by atoms with Gasteiger partial charge in [0.25, 0.3) is 0 Å². The van der Waals surface area contributed by atoms with E-state index in [9.17, 15) is 9.90 Å². The van der Waals surface area contributed by atoms with Crippen LogP contribution in [0.4, 0.5) is 0 Å². The highest BCUT2D eigenvalue weighted by Gasteiger charge is 2.33. The molecule has 1 aromatic carbocycles. The van der Waals surface area contributed by atoms with Gasteiger partial charge in [-0.15, -0.1) is 16.4 Å². The van der Waals surface area contributed by atoms with Gasteiger partial charge in [-0.3, -0.25) is 4.79 Å². The molecule has 1 atom stereocenters. The number of nitrogens with zero attached hydrogens (tertiary/aromatic N) is 4. The number of rotatable bonds is 4. The molecule has 4 rings (SSSR count). The Hall–Kier alpha value is -2.25. The van der Waals surface area contributed by atoms with E-state index in [1.54, 1.807) is 29.1 Å². The monoisotopic (exact) mass is 342 g/mol. The molecular formula is C17H18N4O2S. The summed E-state index contributed by atoms with van der Waals surface area (Å²) in [6, 6.07) is 10.4. The molecule has 0 radical (unpaired) electrons. The van der Waals surface area contributed by atoms with Crippen molar-refractivity contribution in [2.45, 2.75) is 25.5 Å². The van der Waals surface area contributed by atoms with Crippen LogP contribution in [-0.4, -0.2) is 44.0 Å². The summed E-state index contributed by atoms with van der Waals surface area (Å²) in [6.45, 7) is 2.95. The first-order valence-corrected chi connectivity index (χ1v) is 8.77. The minimum atomic E-state index is -0.621. The van der Waals surface area contributed by atoms with Gasteiger partial charge in [-0.05, 0) is 24.4 Å². The molecule has 0 spiro atoms. The van der Waals surface area contributed by atoms with E-state index in [2.05, 4.69) is 28.5 Å². The van der Waals surface area contributed by atoms with Crippen LogP contribution in [0.25, 0.3) is 10.1 Å². The van der Waals surface area contributed by atoms with E-state index in [-0.39, 0.29) is 11.9 Å². The van der Waals surface area contributed by atoms with E-state index in [4.69, 9.17) is 0 Å². The average molecular weight is 342 g/mol. The third-order valence-electron chi connectivity index (χ3n) is 4.35. The summed E-state index contributed by atoms with van der Waals surface area (Å²) in [6.07, 6.45) is 1.58. The van der Waals surface area contributed by atoms with Gasteiger partial charge in [0.05, 0.1) is 24.8 Å². The molecule has 1 aliphatic heterocycles. The van der Waals surface area contributed by atoms with Crippen molar-refractivity contribution in [3.63, 3.8) is 0 Å². The zero-order valence-corrected chi connectivity index (χ0v) is 14.1. The Bertz CT molecular complexity index is 846. The predicted molar refractivity (Wildman–Crippen MR) is 91.8 cm³/mol. The van der Waals surface area contributed by atoms with Crippen LogP contribution in [0.1, 0.15) is 29.6 Å². The summed E-state index contributed by atoms with van der Waals surface area (Å²) in [5.41, 5.74) is 0.560. The van der Waals surface area contributed by atoms with Gasteiger partial charge in [-0.2, -0.15) is 0 Å². The van der Waals surface area contributed by atoms with Crippen LogP contribution >= 0.6 is 11.3 Å². The van der Waals surface area contributed by atoms with Crippen LogP contribution in [0.3, 0.4) is 0 Å². The number of fused-ring (bicyclic) bond motifs is 1. The average Bonchev–Trinajstić information content (AvgIpc) is 3.11. The topological polar surface area (TPSA) is 71.2 Å². The van der Waals surface area contributed by atoms with Crippen molar-refractivity contribution in [1.82, 2.24) is 19.9 Å². The largest absolute Gasteiger partial charge is 0.387 e. The molecule has 3 aromatic rings. The highest BCUT2D eigenvalue weighted by atomic mass is 32.1. The Morgan fingerprint density at radius 1 is 1.42 bits per heavy atom. The molecule has 1 fully saturated rings. The molecule has 2 aromatic heterocycles. The van der Waals surface area contributed by atoms with Crippen molar-refractivity contribution in [2.24, 2.45) is 0 Å². The fraction of sp³-hybridized carbons (Fsp3) is 0.353. The predicted octanol–water partition coefficient (Wildman–Crippen LogP) is 2.17. The van der Waals surface area contributed by atoms with Crippen molar-refractivity contribution >= 4 is 27.3 Å². The molecule has 7 heteroatoms. The fourth-order valence-electron chi connectivity index (χ4n) is 2.87. The number of thiophene rings is 1. The summed E-state index contributed by atoms with van der Waals surface area (Å²) in [5, 5.41) is 18.7. The molecule has 0 bridgehead atoms. The second-order valence-corrected chi connectivity index (χ2v) is 7.35. The number of benzene rings is 1. The summed E-state index contributed by atoms with van der Waals surface area (Å²) in [5.74, 6) is 0.147. The highest BCUT2D eigenvalue weighted by molar-refractivity contribution is 7.19. The van der Waals surface area contributed by atoms with Crippen LogP contribution in [0.5, 0.6) is 0 Å². The van der Waals surface area contributed by atoms with Gasteiger partial charge in [0.15, 0.2) is 0 Å². The van der Waals surface area contributed by atoms with Crippen molar-refractivity contribution in [3.8, 4) is 0 Å². The number of aliphatic hydroxyl groups excluding tert-OH is 1. The Labute approximate surface area is 143 Å². The van der Waals surface area contributed by atoms with Crippen LogP contribution in [0.15, 0.2) is 36.5 Å². The summed E-state index contributed by atoms with van der Waals surface area (Å²) < 4.78 is 2.96. The third kappa shape index (κ3) is 2.81. The van der Waals surface area contributed by atoms with E-state index in [0.717, 1.165) is 4.88 Å². The molecule has 1 aliphatic rings. The Morgan fingerprint density at radius 2 is 2.21 bits per heavy atom. The summed E-state index contributed by atoms with van der Waals surface area (Å²) in [7, 11) is 0. The minimum Gasteiger partial charge on any atom is -0.387 e. The lowest BCUT2D eigenvalue weighted by molar-refractivity contribution is -0.136. The number of amides is 1. The van der Waals surface area contributed by atoms with Crippen LogP contribution in [0, 0.1) is 0 Å². The SMILES string of the molecule is CC(O)c1cn(C2CN(C(=O)Cc3cc4ccccc4s3)C2)nn1. The van der Waals surface area contributed by atoms with E-state index in [1.807, 2.05) is 17.0 Å². The van der Waals surface area contributed by atoms with Gasteiger partial charge in [-0.1, -0.05) is 23.4 Å². The van der Waals surface area contributed by atoms with E-state index in [0.29, 0.717) is 25.2 Å². The van der Waals surface area contributed by atoms with Crippen molar-refractivity contribution in [2.75, 3.05) is 13.1 Å². The molecule has 24 heavy (non-hydrogen) atoms. The quantitative estimate of drug-likeness (QED) is 0.789. The van der Waals surface area contributed by atoms with Crippen molar-refractivity contribution < 1.29 is 9.90 Å². The Morgan fingerprint density at radius 3 is 2.92 bits per heavy atom. The maximum absolute atomic E-state index is 12.4. The molecule has 0 aliphatic carbocycles. The smallest absolute Gasteiger partial charge is 0.227 e. The lowest BCUT2D eigenvalue weighted by Crippen LogP contribution is -2.51. The van der Waals surface area contributed by atoms with Gasteiger partial charge in [0, 0.05) is 22.7 Å². The minimum absolute atomic E-state index is 0.147. The molecule has 6 nitrogen and oxygen atoms in total. The molecule has 1 N–H and O–H groups in total. The lowest BCUT2D eigenvalue weighted by Gasteiger charge is -2.38. The second-order valence-electron chi connectivity index (χ2n) is 6.18. The Kier molecular flexibility index (Phi) is 3.82. The number of carbonyl (C=O) groups is 1. The first-order chi connectivity index (χ1) is 11.6. The normalized spacial score (nSPS) is 16.3. The standard InChI is InChI=1S/C17H18N4O2S/c1-11(22)15-10-21(19-18-15)13-8-20(9-13)17(23)7-14-6-12-4-2-3-5-16(12)24-14/h2-6,10-11,13,22H,7-9H2,1H3. The molecule has 3 heterocycles.